The molecule has 6 heteroatoms. The van der Waals surface area contributed by atoms with Crippen LogP contribution in [0.4, 0.5) is 11.5 Å². The van der Waals surface area contributed by atoms with Crippen molar-refractivity contribution >= 4 is 17.4 Å². The predicted octanol–water partition coefficient (Wildman–Crippen LogP) is 1.67. The van der Waals surface area contributed by atoms with Gasteiger partial charge in [0.25, 0.3) is 0 Å². The number of nitriles is 1. The number of aromatic nitrogens is 1. The Morgan fingerprint density at radius 3 is 2.89 bits per heavy atom. The second kappa shape index (κ2) is 6.45. The van der Waals surface area contributed by atoms with E-state index in [2.05, 4.69) is 10.3 Å². The third-order valence-electron chi connectivity index (χ3n) is 2.15. The third-order valence-corrected chi connectivity index (χ3v) is 2.15. The van der Waals surface area contributed by atoms with E-state index in [-0.39, 0.29) is 23.0 Å². The first-order valence-corrected chi connectivity index (χ1v) is 5.75. The van der Waals surface area contributed by atoms with E-state index in [4.69, 9.17) is 15.7 Å². The van der Waals surface area contributed by atoms with Gasteiger partial charge >= 0.3 is 0 Å². The Balaban J connectivity index is 3.01. The Kier molecular flexibility index (Phi) is 4.93. The molecule has 3 N–H and O–H groups in total. The number of carbonyl (C=O) groups excluding carboxylic acids is 1. The largest absolute Gasteiger partial charge is 0.477 e. The molecule has 0 saturated carbocycles. The first kappa shape index (κ1) is 13.8. The summed E-state index contributed by atoms with van der Waals surface area (Å²) in [4.78, 5) is 15.5. The lowest BCUT2D eigenvalue weighted by atomic mass is 10.2. The van der Waals surface area contributed by atoms with Crippen LogP contribution >= 0.6 is 0 Å². The van der Waals surface area contributed by atoms with E-state index in [1.807, 2.05) is 13.0 Å². The van der Waals surface area contributed by atoms with Crippen LogP contribution in [0.3, 0.4) is 0 Å². The number of nitrogens with one attached hydrogen (secondary N) is 1. The van der Waals surface area contributed by atoms with Gasteiger partial charge in [0.15, 0.2) is 0 Å². The lowest BCUT2D eigenvalue weighted by Gasteiger charge is -2.10. The fourth-order valence-electron chi connectivity index (χ4n) is 1.39. The van der Waals surface area contributed by atoms with Crippen molar-refractivity contribution in [3.8, 4) is 11.9 Å². The molecular formula is C12H16N4O2. The molecule has 1 heterocycles. The second-order valence-corrected chi connectivity index (χ2v) is 3.62. The summed E-state index contributed by atoms with van der Waals surface area (Å²) in [6.45, 7) is 4.06. The summed E-state index contributed by atoms with van der Waals surface area (Å²) in [5, 5.41) is 11.6. The van der Waals surface area contributed by atoms with E-state index in [0.717, 1.165) is 6.42 Å². The maximum absolute atomic E-state index is 11.4. The highest BCUT2D eigenvalue weighted by molar-refractivity contribution is 5.90. The van der Waals surface area contributed by atoms with Crippen molar-refractivity contribution in [2.45, 2.75) is 26.7 Å². The predicted molar refractivity (Wildman–Crippen MR) is 68.1 cm³/mol. The molecule has 0 saturated heterocycles. The molecule has 1 amide bonds. The second-order valence-electron chi connectivity index (χ2n) is 3.62. The first-order valence-electron chi connectivity index (χ1n) is 5.75. The maximum atomic E-state index is 11.4. The number of nitrogen functional groups attached to an aromatic ring is 1. The maximum Gasteiger partial charge on any atom is 0.235 e. The van der Waals surface area contributed by atoms with Gasteiger partial charge in [0.1, 0.15) is 17.5 Å². The third kappa shape index (κ3) is 3.35. The summed E-state index contributed by atoms with van der Waals surface area (Å²) in [6, 6.07) is 3.38. The fourth-order valence-corrected chi connectivity index (χ4v) is 1.39. The molecule has 1 aromatic rings. The Hall–Kier alpha value is -2.29. The van der Waals surface area contributed by atoms with Crippen LogP contribution in [0.2, 0.25) is 0 Å². The topological polar surface area (TPSA) is 101 Å². The molecule has 0 unspecified atom stereocenters. The molecule has 0 radical (unpaired) electrons. The van der Waals surface area contributed by atoms with Crippen LogP contribution in [0.15, 0.2) is 6.07 Å². The van der Waals surface area contributed by atoms with Crippen LogP contribution < -0.4 is 15.8 Å². The van der Waals surface area contributed by atoms with Crippen molar-refractivity contribution < 1.29 is 9.53 Å². The zero-order valence-corrected chi connectivity index (χ0v) is 10.5. The average Bonchev–Trinajstić information content (AvgIpc) is 2.29. The number of rotatable bonds is 5. The molecule has 6 nitrogen and oxygen atoms in total. The highest BCUT2D eigenvalue weighted by Crippen LogP contribution is 2.25. The number of nitrogens with zero attached hydrogens (tertiary/aromatic N) is 2. The van der Waals surface area contributed by atoms with Crippen molar-refractivity contribution in [3.63, 3.8) is 0 Å². The number of ether oxygens (including phenoxy) is 1. The standard InChI is InChI=1S/C12H16N4O2/c1-3-5-11(17)15-10-6-9(14)8(7-13)12(16-10)18-4-2/h6H,3-5H2,1-2H3,(H3,14,15,16,17). The number of nitrogens with two attached hydrogens (primary N) is 1. The smallest absolute Gasteiger partial charge is 0.235 e. The summed E-state index contributed by atoms with van der Waals surface area (Å²) in [5.74, 6) is 0.303. The van der Waals surface area contributed by atoms with Gasteiger partial charge in [-0.25, -0.2) is 0 Å². The van der Waals surface area contributed by atoms with E-state index >= 15 is 0 Å². The molecule has 1 rings (SSSR count). The SMILES string of the molecule is CCCC(=O)Nc1cc(N)c(C#N)c(OCC)n1. The molecule has 0 fully saturated rings. The van der Waals surface area contributed by atoms with Crippen molar-refractivity contribution in [3.05, 3.63) is 11.6 Å². The Morgan fingerprint density at radius 1 is 1.61 bits per heavy atom. The van der Waals surface area contributed by atoms with Crippen LogP contribution in [-0.2, 0) is 4.79 Å². The average molecular weight is 248 g/mol. The van der Waals surface area contributed by atoms with Crippen LogP contribution in [0.25, 0.3) is 0 Å². The van der Waals surface area contributed by atoms with Gasteiger partial charge in [0.2, 0.25) is 11.8 Å². The molecule has 0 aliphatic carbocycles. The van der Waals surface area contributed by atoms with Gasteiger partial charge in [0.05, 0.1) is 12.3 Å². The highest BCUT2D eigenvalue weighted by Gasteiger charge is 2.12. The van der Waals surface area contributed by atoms with E-state index in [1.165, 1.54) is 6.07 Å². The molecule has 0 aliphatic heterocycles. The molecule has 0 bridgehead atoms. The molecule has 0 spiro atoms. The minimum absolute atomic E-state index is 0.142. The van der Waals surface area contributed by atoms with Gasteiger partial charge < -0.3 is 15.8 Å². The number of amides is 1. The van der Waals surface area contributed by atoms with Gasteiger partial charge in [-0.05, 0) is 13.3 Å². The van der Waals surface area contributed by atoms with Crippen LogP contribution in [-0.4, -0.2) is 17.5 Å². The first-order chi connectivity index (χ1) is 8.62. The Bertz CT molecular complexity index is 480. The van der Waals surface area contributed by atoms with Crippen molar-refractivity contribution in [2.24, 2.45) is 0 Å². The summed E-state index contributed by atoms with van der Waals surface area (Å²) < 4.78 is 5.23. The summed E-state index contributed by atoms with van der Waals surface area (Å²) in [7, 11) is 0. The van der Waals surface area contributed by atoms with Crippen molar-refractivity contribution in [1.29, 1.82) is 5.26 Å². The Morgan fingerprint density at radius 2 is 2.33 bits per heavy atom. The number of anilines is 2. The van der Waals surface area contributed by atoms with Gasteiger partial charge in [-0.1, -0.05) is 6.92 Å². The van der Waals surface area contributed by atoms with Crippen LogP contribution in [0.1, 0.15) is 32.3 Å². The molecule has 1 aromatic heterocycles. The molecule has 0 aromatic carbocycles. The van der Waals surface area contributed by atoms with Crippen molar-refractivity contribution in [1.82, 2.24) is 4.98 Å². The van der Waals surface area contributed by atoms with Crippen molar-refractivity contribution in [2.75, 3.05) is 17.7 Å². The number of hydrogen-bond donors (Lipinski definition) is 2. The van der Waals surface area contributed by atoms with E-state index < -0.39 is 0 Å². The fraction of sp³-hybridized carbons (Fsp3) is 0.417. The minimum Gasteiger partial charge on any atom is -0.477 e. The van der Waals surface area contributed by atoms with Gasteiger partial charge in [-0.2, -0.15) is 10.2 Å². The van der Waals surface area contributed by atoms with Crippen LogP contribution in [0.5, 0.6) is 5.88 Å². The molecular weight excluding hydrogens is 232 g/mol. The summed E-state index contributed by atoms with van der Waals surface area (Å²) in [5.41, 5.74) is 6.14. The molecule has 0 aliphatic rings. The quantitative estimate of drug-likeness (QED) is 0.825. The van der Waals surface area contributed by atoms with Gasteiger partial charge in [-0.3, -0.25) is 4.79 Å². The number of hydrogen-bond acceptors (Lipinski definition) is 5. The molecule has 96 valence electrons. The molecule has 0 atom stereocenters. The van der Waals surface area contributed by atoms with Gasteiger partial charge in [0, 0.05) is 12.5 Å². The minimum atomic E-state index is -0.142. The van der Waals surface area contributed by atoms with Gasteiger partial charge in [-0.15, -0.1) is 0 Å². The molecule has 18 heavy (non-hydrogen) atoms. The Labute approximate surface area is 106 Å². The number of pyridine rings is 1. The lowest BCUT2D eigenvalue weighted by molar-refractivity contribution is -0.116. The van der Waals surface area contributed by atoms with E-state index in [9.17, 15) is 4.79 Å². The zero-order chi connectivity index (χ0) is 13.5. The van der Waals surface area contributed by atoms with Crippen LogP contribution in [0, 0.1) is 11.3 Å². The van der Waals surface area contributed by atoms with E-state index in [0.29, 0.717) is 18.8 Å². The monoisotopic (exact) mass is 248 g/mol. The summed E-state index contributed by atoms with van der Waals surface area (Å²) in [6.07, 6.45) is 1.15. The summed E-state index contributed by atoms with van der Waals surface area (Å²) >= 11 is 0. The number of carbonyl (C=O) groups is 1. The lowest BCUT2D eigenvalue weighted by Crippen LogP contribution is -2.13. The van der Waals surface area contributed by atoms with E-state index in [1.54, 1.807) is 6.92 Å². The highest BCUT2D eigenvalue weighted by atomic mass is 16.5. The zero-order valence-electron chi connectivity index (χ0n) is 10.5. The normalized spacial score (nSPS) is 9.61.